The van der Waals surface area contributed by atoms with Gasteiger partial charge in [0.25, 0.3) is 17.4 Å². The second kappa shape index (κ2) is 15.7. The molecule has 0 radical (unpaired) electrons. The van der Waals surface area contributed by atoms with Crippen molar-refractivity contribution in [3.63, 3.8) is 0 Å². The smallest absolute Gasteiger partial charge is 0.417 e. The Morgan fingerprint density at radius 3 is 2.35 bits per heavy atom. The number of nitrogens with zero attached hydrogens (tertiary/aromatic N) is 7. The van der Waals surface area contributed by atoms with Crippen LogP contribution in [0.4, 0.5) is 23.4 Å². The van der Waals surface area contributed by atoms with E-state index in [4.69, 9.17) is 32.7 Å². The summed E-state index contributed by atoms with van der Waals surface area (Å²) in [6, 6.07) is 12.1. The van der Waals surface area contributed by atoms with E-state index < -0.39 is 86.2 Å². The molecule has 3 aromatic heterocycles. The minimum atomic E-state index is -4.82. The molecule has 22 heteroatoms. The number of fused-ring (bicyclic) bond motifs is 5. The summed E-state index contributed by atoms with van der Waals surface area (Å²) < 4.78 is 71.4. The van der Waals surface area contributed by atoms with Gasteiger partial charge in [0.1, 0.15) is 5.69 Å². The molecular formula is C43H34Cl2F4N8O8. The number of aryl methyl sites for hydroxylation is 2. The van der Waals surface area contributed by atoms with Gasteiger partial charge in [-0.3, -0.25) is 19.8 Å². The number of benzene rings is 3. The van der Waals surface area contributed by atoms with E-state index in [0.29, 0.717) is 39.8 Å². The lowest BCUT2D eigenvalue weighted by Crippen LogP contribution is -2.53. The molecular weight excluding hydrogens is 903 g/mol. The minimum Gasteiger partial charge on any atom is -0.505 e. The number of phenols is 1. The van der Waals surface area contributed by atoms with Crippen molar-refractivity contribution in [3.8, 4) is 17.2 Å². The van der Waals surface area contributed by atoms with Gasteiger partial charge in [-0.15, -0.1) is 0 Å². The van der Waals surface area contributed by atoms with Gasteiger partial charge in [-0.05, 0) is 41.8 Å². The van der Waals surface area contributed by atoms with Crippen LogP contribution in [-0.4, -0.2) is 64.6 Å². The molecule has 2 aliphatic heterocycles. The Hall–Kier alpha value is -6.93. The van der Waals surface area contributed by atoms with Crippen LogP contribution in [0.3, 0.4) is 0 Å². The lowest BCUT2D eigenvalue weighted by Gasteiger charge is -2.49. The van der Waals surface area contributed by atoms with Gasteiger partial charge in [-0.1, -0.05) is 53.5 Å². The van der Waals surface area contributed by atoms with Gasteiger partial charge < -0.3 is 19.1 Å². The van der Waals surface area contributed by atoms with Crippen molar-refractivity contribution in [3.05, 3.63) is 148 Å². The first-order chi connectivity index (χ1) is 30.9. The largest absolute Gasteiger partial charge is 0.505 e. The predicted octanol–water partition coefficient (Wildman–Crippen LogP) is 5.50. The van der Waals surface area contributed by atoms with Crippen LogP contribution in [0, 0.1) is 11.7 Å². The number of amides is 2. The van der Waals surface area contributed by atoms with Crippen LogP contribution in [0.15, 0.2) is 92.9 Å². The quantitative estimate of drug-likeness (QED) is 0.106. The Morgan fingerprint density at radius 1 is 0.969 bits per heavy atom. The number of nitrogens with one attached hydrogen (secondary N) is 1. The molecule has 3 aliphatic rings. The van der Waals surface area contributed by atoms with Gasteiger partial charge in [0.05, 0.1) is 59.8 Å². The van der Waals surface area contributed by atoms with Crippen molar-refractivity contribution >= 4 is 51.9 Å². The van der Waals surface area contributed by atoms with Crippen molar-refractivity contribution in [2.45, 2.75) is 49.5 Å². The Morgan fingerprint density at radius 2 is 1.68 bits per heavy atom. The number of rotatable bonds is 9. The molecule has 3 aromatic carbocycles. The second-order valence-electron chi connectivity index (χ2n) is 15.6. The van der Waals surface area contributed by atoms with Gasteiger partial charge in [-0.25, -0.2) is 37.9 Å². The number of carbonyl (C=O) groups is 2. The van der Waals surface area contributed by atoms with Gasteiger partial charge in [0, 0.05) is 54.8 Å². The predicted molar refractivity (Wildman–Crippen MR) is 226 cm³/mol. The Kier molecular flexibility index (Phi) is 10.4. The van der Waals surface area contributed by atoms with E-state index in [1.165, 1.54) is 62.2 Å². The van der Waals surface area contributed by atoms with Crippen LogP contribution in [0.5, 0.6) is 17.2 Å². The summed E-state index contributed by atoms with van der Waals surface area (Å²) in [5.74, 6) is -6.51. The molecule has 0 bridgehead atoms. The number of allylic oxidation sites excluding steroid dienone is 2. The van der Waals surface area contributed by atoms with Crippen molar-refractivity contribution in [1.82, 2.24) is 33.5 Å². The summed E-state index contributed by atoms with van der Waals surface area (Å²) in [6.07, 6.45) is -3.29. The summed E-state index contributed by atoms with van der Waals surface area (Å²) in [4.78, 5) is 80.8. The zero-order chi connectivity index (χ0) is 46.4. The normalized spacial score (nSPS) is 20.4. The van der Waals surface area contributed by atoms with Gasteiger partial charge in [-0.2, -0.15) is 18.2 Å². The fraction of sp³-hybridized carbons (Fsp3) is 0.279. The third-order valence-electron chi connectivity index (χ3n) is 12.4. The molecule has 336 valence electrons. The molecule has 4 atom stereocenters. The van der Waals surface area contributed by atoms with Crippen molar-refractivity contribution in [2.75, 3.05) is 19.6 Å². The zero-order valence-corrected chi connectivity index (χ0v) is 35.7. The van der Waals surface area contributed by atoms with E-state index in [1.54, 1.807) is 18.2 Å². The standard InChI is InChI=1S/C43H34Cl2F4N8O8/c1-53-31-18-33(65-3)32(64-2)17-29(31)51-28(38(53)60)12-13-54-40(62)55-14-11-23-30(57(55)41(54)63)16-25-37(59)56(52-36-26(45)15-21(19-50-36)43(47,48)49)39(61)42(25,20-7-9-22(44)10-8-20)34(23)24-5-4-6-27(46)35(24)58/h4-11,15,17-19,25,30,34,58H,12-14,16H2,1-3H3,(H,50,52). The number of anilines is 1. The maximum absolute atomic E-state index is 15.5. The van der Waals surface area contributed by atoms with Crippen LogP contribution in [-0.2, 0) is 47.7 Å². The zero-order valence-electron chi connectivity index (χ0n) is 34.2. The summed E-state index contributed by atoms with van der Waals surface area (Å²) in [5.41, 5.74) is -1.71. The highest BCUT2D eigenvalue weighted by Gasteiger charge is 2.69. The highest BCUT2D eigenvalue weighted by molar-refractivity contribution is 6.33. The topological polar surface area (TPSA) is 185 Å². The van der Waals surface area contributed by atoms with E-state index >= 15 is 9.18 Å². The molecule has 1 saturated carbocycles. The Labute approximate surface area is 373 Å². The second-order valence-corrected chi connectivity index (χ2v) is 16.5. The minimum absolute atomic E-state index is 0.0314. The van der Waals surface area contributed by atoms with Crippen LogP contribution < -0.4 is 31.8 Å². The van der Waals surface area contributed by atoms with E-state index in [2.05, 4.69) is 15.4 Å². The summed E-state index contributed by atoms with van der Waals surface area (Å²) in [7, 11) is 4.43. The summed E-state index contributed by atoms with van der Waals surface area (Å²) in [6.45, 7) is -0.566. The van der Waals surface area contributed by atoms with Crippen molar-refractivity contribution in [1.29, 1.82) is 0 Å². The Bertz CT molecular complexity index is 3220. The number of pyridine rings is 1. The molecule has 2 amide bonds. The highest BCUT2D eigenvalue weighted by atomic mass is 35.5. The first kappa shape index (κ1) is 43.3. The molecule has 1 saturated heterocycles. The van der Waals surface area contributed by atoms with Gasteiger partial charge in [0.2, 0.25) is 0 Å². The number of phenolic OH excluding ortho intramolecular Hbond substituents is 1. The monoisotopic (exact) mass is 936 g/mol. The fourth-order valence-corrected chi connectivity index (χ4v) is 9.82. The van der Waals surface area contributed by atoms with Crippen LogP contribution >= 0.6 is 23.2 Å². The van der Waals surface area contributed by atoms with Gasteiger partial charge >= 0.3 is 17.6 Å². The van der Waals surface area contributed by atoms with Crippen LogP contribution in [0.1, 0.15) is 40.8 Å². The molecule has 5 heterocycles. The maximum Gasteiger partial charge on any atom is 0.417 e. The highest BCUT2D eigenvalue weighted by Crippen LogP contribution is 2.63. The Balaban J connectivity index is 1.17. The fourth-order valence-electron chi connectivity index (χ4n) is 9.48. The van der Waals surface area contributed by atoms with Crippen LogP contribution in [0.2, 0.25) is 10.0 Å². The number of carbonyl (C=O) groups excluding carboxylic acids is 2. The number of methoxy groups -OCH3 is 2. The lowest BCUT2D eigenvalue weighted by atomic mass is 9.53. The molecule has 65 heavy (non-hydrogen) atoms. The first-order valence-electron chi connectivity index (χ1n) is 19.8. The summed E-state index contributed by atoms with van der Waals surface area (Å²) >= 11 is 12.5. The number of para-hydroxylation sites is 1. The maximum atomic E-state index is 15.5. The van der Waals surface area contributed by atoms with E-state index in [0.717, 1.165) is 20.0 Å². The van der Waals surface area contributed by atoms with E-state index in [-0.39, 0.29) is 53.3 Å². The number of hydrogen-bond donors (Lipinski definition) is 2. The molecule has 6 aromatic rings. The molecule has 4 unspecified atom stereocenters. The molecule has 1 aliphatic carbocycles. The van der Waals surface area contributed by atoms with E-state index in [9.17, 15) is 37.5 Å². The number of imide groups is 1. The lowest BCUT2D eigenvalue weighted by molar-refractivity contribution is -0.139. The number of aromatic nitrogens is 6. The van der Waals surface area contributed by atoms with Gasteiger partial charge in [0.15, 0.2) is 28.9 Å². The van der Waals surface area contributed by atoms with Crippen LogP contribution in [0.25, 0.3) is 11.0 Å². The number of ether oxygens (including phenoxy) is 2. The number of aromatic hydroxyl groups is 1. The third-order valence-corrected chi connectivity index (χ3v) is 13.0. The average Bonchev–Trinajstić information content (AvgIpc) is 3.65. The number of hydrogen-bond acceptors (Lipinski definition) is 11. The van der Waals surface area contributed by atoms with Crippen molar-refractivity contribution < 1.29 is 41.7 Å². The first-order valence-corrected chi connectivity index (χ1v) is 20.5. The van der Waals surface area contributed by atoms with Crippen molar-refractivity contribution in [2.24, 2.45) is 13.0 Å². The molecule has 9 rings (SSSR count). The number of hydrazine groups is 1. The molecule has 2 fully saturated rings. The number of halogens is 6. The summed E-state index contributed by atoms with van der Waals surface area (Å²) in [5, 5.41) is 11.7. The molecule has 0 spiro atoms. The third kappa shape index (κ3) is 6.59. The number of alkyl halides is 3. The SMILES string of the molecule is COc1cc2nc(CCn3c(=O)n4n(c3=O)C3CC5C(=O)N(Nc6ncc(C(F)(F)F)cc6Cl)C(=O)C5(c5ccc(Cl)cc5)C(c5cccc(F)c5O)C3=CC4)c(=O)n(C)c2cc1OC. The van der Waals surface area contributed by atoms with E-state index in [1.807, 2.05) is 0 Å². The average molecular weight is 938 g/mol. The molecule has 16 nitrogen and oxygen atoms in total. The molecule has 2 N–H and O–H groups in total.